The van der Waals surface area contributed by atoms with Crippen LogP contribution >= 0.6 is 15.9 Å². The van der Waals surface area contributed by atoms with E-state index in [1.807, 2.05) is 0 Å². The molecule has 0 saturated carbocycles. The molecule has 3 atom stereocenters. The van der Waals surface area contributed by atoms with Gasteiger partial charge in [0, 0.05) is 17.1 Å². The second kappa shape index (κ2) is 4.71. The number of aliphatic hydroxyl groups is 2. The average Bonchev–Trinajstić information content (AvgIpc) is 2.91. The molecule has 19 heavy (non-hydrogen) atoms. The molecule has 3 rings (SSSR count). The zero-order chi connectivity index (χ0) is 13.6. The number of nitrogens with zero attached hydrogens (tertiary/aromatic N) is 3. The number of nitrogens with two attached hydrogens (primary N) is 1. The quantitative estimate of drug-likeness (QED) is 0.737. The summed E-state index contributed by atoms with van der Waals surface area (Å²) in [5, 5.41) is 19.8. The lowest BCUT2D eigenvalue weighted by Crippen LogP contribution is -2.19. The van der Waals surface area contributed by atoms with Crippen molar-refractivity contribution in [2.24, 2.45) is 0 Å². The molecule has 3 heterocycles. The molecular formula is C11H13BrN4O3. The molecule has 0 spiro atoms. The summed E-state index contributed by atoms with van der Waals surface area (Å²) in [5.74, 6) is 0.363. The fraction of sp³-hybridized carbons (Fsp3) is 0.455. The lowest BCUT2D eigenvalue weighted by Gasteiger charge is -2.17. The average molecular weight is 329 g/mol. The molecule has 0 aliphatic carbocycles. The van der Waals surface area contributed by atoms with Crippen LogP contribution in [-0.2, 0) is 4.74 Å². The summed E-state index contributed by atoms with van der Waals surface area (Å²) in [6.45, 7) is -0.120. The van der Waals surface area contributed by atoms with Gasteiger partial charge in [-0.1, -0.05) is 0 Å². The van der Waals surface area contributed by atoms with Gasteiger partial charge in [0.1, 0.15) is 23.9 Å². The van der Waals surface area contributed by atoms with E-state index in [-0.39, 0.29) is 12.7 Å². The molecular weight excluding hydrogens is 316 g/mol. The predicted molar refractivity (Wildman–Crippen MR) is 71.3 cm³/mol. The standard InChI is InChI=1S/C11H13BrN4O3/c12-6-2-16(10-8(6)9(13)14-4-15-10)11-7(18)1-5(3-17)19-11/h2,4-5,7,11,17-18H,1,3H2,(H2,13,14,15)/t5-,7+,11-/m0/s1. The molecule has 0 radical (unpaired) electrons. The first-order chi connectivity index (χ1) is 9.11. The van der Waals surface area contributed by atoms with Crippen LogP contribution in [0.15, 0.2) is 17.0 Å². The molecule has 1 saturated heterocycles. The fourth-order valence-electron chi connectivity index (χ4n) is 2.35. The Labute approximate surface area is 117 Å². The number of anilines is 1. The van der Waals surface area contributed by atoms with Crippen LogP contribution in [0.3, 0.4) is 0 Å². The predicted octanol–water partition coefficient (Wildman–Crippen LogP) is 0.417. The van der Waals surface area contributed by atoms with E-state index >= 15 is 0 Å². The molecule has 8 heteroatoms. The van der Waals surface area contributed by atoms with E-state index in [1.54, 1.807) is 10.8 Å². The third-order valence-corrected chi connectivity index (χ3v) is 3.84. The van der Waals surface area contributed by atoms with Gasteiger partial charge < -0.3 is 25.3 Å². The van der Waals surface area contributed by atoms with Crippen LogP contribution in [0.1, 0.15) is 12.6 Å². The van der Waals surface area contributed by atoms with Crippen LogP contribution < -0.4 is 5.73 Å². The van der Waals surface area contributed by atoms with Crippen molar-refractivity contribution in [2.75, 3.05) is 12.3 Å². The van der Waals surface area contributed by atoms with Crippen molar-refractivity contribution >= 4 is 32.8 Å². The minimum Gasteiger partial charge on any atom is -0.394 e. The molecule has 7 nitrogen and oxygen atoms in total. The highest BCUT2D eigenvalue weighted by Crippen LogP contribution is 2.35. The van der Waals surface area contributed by atoms with E-state index in [2.05, 4.69) is 25.9 Å². The smallest absolute Gasteiger partial charge is 0.161 e. The van der Waals surface area contributed by atoms with E-state index in [9.17, 15) is 5.11 Å². The number of rotatable bonds is 2. The maximum absolute atomic E-state index is 10.0. The third-order valence-electron chi connectivity index (χ3n) is 3.24. The molecule has 0 amide bonds. The SMILES string of the molecule is Nc1ncnc2c1c(Br)cn2[C@H]1O[C@H](CO)C[C@H]1O. The Morgan fingerprint density at radius 3 is 3.00 bits per heavy atom. The number of halogens is 1. The minimum atomic E-state index is -0.698. The minimum absolute atomic E-state index is 0.120. The highest BCUT2D eigenvalue weighted by molar-refractivity contribution is 9.10. The summed E-state index contributed by atoms with van der Waals surface area (Å²) in [6, 6.07) is 0. The molecule has 1 fully saturated rings. The summed E-state index contributed by atoms with van der Waals surface area (Å²) in [5.41, 5.74) is 6.40. The van der Waals surface area contributed by atoms with Gasteiger partial charge in [0.25, 0.3) is 0 Å². The fourth-order valence-corrected chi connectivity index (χ4v) is 2.95. The number of fused-ring (bicyclic) bond motifs is 1. The van der Waals surface area contributed by atoms with Gasteiger partial charge in [-0.05, 0) is 15.9 Å². The van der Waals surface area contributed by atoms with Gasteiger partial charge in [-0.25, -0.2) is 9.97 Å². The highest BCUT2D eigenvalue weighted by Gasteiger charge is 2.36. The largest absolute Gasteiger partial charge is 0.394 e. The Kier molecular flexibility index (Phi) is 3.17. The molecule has 2 aromatic rings. The van der Waals surface area contributed by atoms with Crippen LogP contribution in [-0.4, -0.2) is 43.6 Å². The van der Waals surface area contributed by atoms with Crippen molar-refractivity contribution in [1.82, 2.24) is 14.5 Å². The Hall–Kier alpha value is -1.22. The lowest BCUT2D eigenvalue weighted by molar-refractivity contribution is -0.0484. The van der Waals surface area contributed by atoms with Crippen LogP contribution in [0.4, 0.5) is 5.82 Å². The zero-order valence-corrected chi connectivity index (χ0v) is 11.5. The Balaban J connectivity index is 2.09. The molecule has 0 bridgehead atoms. The molecule has 1 aliphatic rings. The summed E-state index contributed by atoms with van der Waals surface area (Å²) in [7, 11) is 0. The van der Waals surface area contributed by atoms with E-state index in [0.717, 1.165) is 4.47 Å². The Morgan fingerprint density at radius 2 is 2.32 bits per heavy atom. The van der Waals surface area contributed by atoms with Gasteiger partial charge in [0.05, 0.1) is 18.1 Å². The van der Waals surface area contributed by atoms with Gasteiger partial charge in [0.15, 0.2) is 6.23 Å². The first-order valence-electron chi connectivity index (χ1n) is 5.82. The molecule has 2 aromatic heterocycles. The number of aromatic nitrogens is 3. The van der Waals surface area contributed by atoms with Crippen LogP contribution in [0.25, 0.3) is 11.0 Å². The van der Waals surface area contributed by atoms with E-state index in [1.165, 1.54) is 6.33 Å². The molecule has 0 aromatic carbocycles. The van der Waals surface area contributed by atoms with E-state index in [0.29, 0.717) is 23.3 Å². The molecule has 4 N–H and O–H groups in total. The number of hydrogen-bond donors (Lipinski definition) is 3. The first-order valence-corrected chi connectivity index (χ1v) is 6.62. The summed E-state index contributed by atoms with van der Waals surface area (Å²) in [4.78, 5) is 8.12. The van der Waals surface area contributed by atoms with Gasteiger partial charge in [-0.15, -0.1) is 0 Å². The normalized spacial score (nSPS) is 27.2. The van der Waals surface area contributed by atoms with Gasteiger partial charge in [-0.2, -0.15) is 0 Å². The van der Waals surface area contributed by atoms with E-state index < -0.39 is 12.3 Å². The van der Waals surface area contributed by atoms with Crippen LogP contribution in [0.2, 0.25) is 0 Å². The van der Waals surface area contributed by atoms with Crippen molar-refractivity contribution in [1.29, 1.82) is 0 Å². The summed E-state index contributed by atoms with van der Waals surface area (Å²) >= 11 is 3.40. The number of ether oxygens (including phenoxy) is 1. The van der Waals surface area contributed by atoms with Gasteiger partial charge in [-0.3, -0.25) is 0 Å². The van der Waals surface area contributed by atoms with Crippen molar-refractivity contribution in [3.63, 3.8) is 0 Å². The third kappa shape index (κ3) is 2.00. The number of aliphatic hydroxyl groups excluding tert-OH is 2. The van der Waals surface area contributed by atoms with Gasteiger partial charge in [0.2, 0.25) is 0 Å². The van der Waals surface area contributed by atoms with Crippen molar-refractivity contribution in [2.45, 2.75) is 24.9 Å². The second-order valence-corrected chi connectivity index (χ2v) is 5.33. The maximum atomic E-state index is 10.0. The van der Waals surface area contributed by atoms with Crippen molar-refractivity contribution < 1.29 is 14.9 Å². The van der Waals surface area contributed by atoms with Crippen molar-refractivity contribution in [3.05, 3.63) is 17.0 Å². The molecule has 1 aliphatic heterocycles. The number of hydrogen-bond acceptors (Lipinski definition) is 6. The van der Waals surface area contributed by atoms with Crippen LogP contribution in [0.5, 0.6) is 0 Å². The highest BCUT2D eigenvalue weighted by atomic mass is 79.9. The van der Waals surface area contributed by atoms with E-state index in [4.69, 9.17) is 15.6 Å². The maximum Gasteiger partial charge on any atom is 0.161 e. The van der Waals surface area contributed by atoms with Gasteiger partial charge >= 0.3 is 0 Å². The number of nitrogen functional groups attached to an aromatic ring is 1. The lowest BCUT2D eigenvalue weighted by atomic mass is 10.2. The second-order valence-electron chi connectivity index (χ2n) is 4.48. The first kappa shape index (κ1) is 12.8. The van der Waals surface area contributed by atoms with Crippen molar-refractivity contribution in [3.8, 4) is 0 Å². The Bertz CT molecular complexity index is 617. The zero-order valence-electron chi connectivity index (χ0n) is 9.90. The van der Waals surface area contributed by atoms with Crippen LogP contribution in [0, 0.1) is 0 Å². The molecule has 0 unspecified atom stereocenters. The topological polar surface area (TPSA) is 106 Å². The summed E-state index contributed by atoms with van der Waals surface area (Å²) < 4.78 is 8.06. The summed E-state index contributed by atoms with van der Waals surface area (Å²) in [6.07, 6.45) is 1.86. The molecule has 102 valence electrons. The Morgan fingerprint density at radius 1 is 1.53 bits per heavy atom. The monoisotopic (exact) mass is 328 g/mol.